The van der Waals surface area contributed by atoms with Crippen LogP contribution in [0.5, 0.6) is 0 Å². The molecule has 3 N–H and O–H groups in total. The largest absolute Gasteiger partial charge is 0.480 e. The molecule has 6 heteroatoms. The van der Waals surface area contributed by atoms with Crippen molar-refractivity contribution >= 4 is 24.3 Å². The van der Waals surface area contributed by atoms with Crippen LogP contribution in [0.25, 0.3) is 0 Å². The summed E-state index contributed by atoms with van der Waals surface area (Å²) in [6, 6.07) is -0.756. The first-order chi connectivity index (χ1) is 7.50. The smallest absolute Gasteiger partial charge is 0.326 e. The van der Waals surface area contributed by atoms with Gasteiger partial charge >= 0.3 is 5.97 Å². The first kappa shape index (κ1) is 16.2. The second-order valence-electron chi connectivity index (χ2n) is 4.72. The van der Waals surface area contributed by atoms with Gasteiger partial charge in [0, 0.05) is 6.54 Å². The molecule has 0 aromatic rings. The Kier molecular flexibility index (Phi) is 7.15. The molecule has 0 radical (unpaired) electrons. The van der Waals surface area contributed by atoms with Crippen molar-refractivity contribution in [3.8, 4) is 0 Å². The Labute approximate surface area is 108 Å². The van der Waals surface area contributed by atoms with Gasteiger partial charge in [-0.05, 0) is 25.3 Å². The maximum atomic E-state index is 11.7. The lowest BCUT2D eigenvalue weighted by Crippen LogP contribution is -2.44. The summed E-state index contributed by atoms with van der Waals surface area (Å²) in [5, 5.41) is 14.7. The normalized spacial score (nSPS) is 20.8. The number of carbonyl (C=O) groups excluding carboxylic acids is 1. The van der Waals surface area contributed by atoms with Gasteiger partial charge in [-0.15, -0.1) is 12.4 Å². The molecule has 100 valence electrons. The van der Waals surface area contributed by atoms with E-state index in [0.29, 0.717) is 13.0 Å². The van der Waals surface area contributed by atoms with Gasteiger partial charge in [0.25, 0.3) is 0 Å². The van der Waals surface area contributed by atoms with Crippen molar-refractivity contribution < 1.29 is 14.7 Å². The maximum absolute atomic E-state index is 11.7. The molecule has 1 fully saturated rings. The summed E-state index contributed by atoms with van der Waals surface area (Å²) >= 11 is 0. The van der Waals surface area contributed by atoms with E-state index in [1.54, 1.807) is 0 Å². The summed E-state index contributed by atoms with van der Waals surface area (Å²) in [4.78, 5) is 22.7. The number of amides is 1. The molecule has 1 aliphatic rings. The Morgan fingerprint density at radius 3 is 2.53 bits per heavy atom. The number of halogens is 1. The molecule has 1 amide bonds. The molecule has 1 heterocycles. The van der Waals surface area contributed by atoms with Gasteiger partial charge < -0.3 is 15.7 Å². The molecule has 0 bridgehead atoms. The predicted octanol–water partition coefficient (Wildman–Crippen LogP) is 0.633. The first-order valence-corrected chi connectivity index (χ1v) is 5.74. The average Bonchev–Trinajstić information content (AvgIpc) is 2.68. The molecule has 0 spiro atoms. The number of carboxylic acids is 1. The highest BCUT2D eigenvalue weighted by Crippen LogP contribution is 2.10. The fourth-order valence-corrected chi connectivity index (χ4v) is 1.86. The van der Waals surface area contributed by atoms with Crippen LogP contribution in [0.3, 0.4) is 0 Å². The summed E-state index contributed by atoms with van der Waals surface area (Å²) < 4.78 is 0. The standard InChI is InChI=1S/C11H20N2O3.ClH/c1-7(2)5-9(11(15)16)13-10(14)8-3-4-12-6-8;/h7-9,12H,3-6H2,1-2H3,(H,13,14)(H,15,16);1H. The van der Waals surface area contributed by atoms with Crippen molar-refractivity contribution in [2.45, 2.75) is 32.7 Å². The van der Waals surface area contributed by atoms with E-state index in [9.17, 15) is 9.59 Å². The molecule has 17 heavy (non-hydrogen) atoms. The SMILES string of the molecule is CC(C)CC(NC(=O)C1CCNC1)C(=O)O.Cl. The van der Waals surface area contributed by atoms with Crippen LogP contribution in [-0.4, -0.2) is 36.1 Å². The molecule has 1 rings (SSSR count). The van der Waals surface area contributed by atoms with E-state index in [2.05, 4.69) is 10.6 Å². The van der Waals surface area contributed by atoms with Gasteiger partial charge in [-0.25, -0.2) is 4.79 Å². The van der Waals surface area contributed by atoms with Gasteiger partial charge in [0.2, 0.25) is 5.91 Å². The van der Waals surface area contributed by atoms with Crippen LogP contribution in [0.2, 0.25) is 0 Å². The summed E-state index contributed by atoms with van der Waals surface area (Å²) in [5.41, 5.74) is 0. The van der Waals surface area contributed by atoms with E-state index < -0.39 is 12.0 Å². The minimum atomic E-state index is -0.951. The van der Waals surface area contributed by atoms with Crippen LogP contribution in [0.15, 0.2) is 0 Å². The zero-order chi connectivity index (χ0) is 12.1. The molecule has 1 aliphatic heterocycles. The quantitative estimate of drug-likeness (QED) is 0.681. The second-order valence-corrected chi connectivity index (χ2v) is 4.72. The topological polar surface area (TPSA) is 78.4 Å². The van der Waals surface area contributed by atoms with Gasteiger partial charge in [-0.3, -0.25) is 4.79 Å². The zero-order valence-electron chi connectivity index (χ0n) is 10.2. The average molecular weight is 265 g/mol. The third-order valence-electron chi connectivity index (χ3n) is 2.75. The molecular weight excluding hydrogens is 244 g/mol. The van der Waals surface area contributed by atoms with Gasteiger partial charge in [-0.2, -0.15) is 0 Å². The van der Waals surface area contributed by atoms with E-state index in [1.807, 2.05) is 13.8 Å². The highest BCUT2D eigenvalue weighted by molar-refractivity contribution is 5.85. The van der Waals surface area contributed by atoms with E-state index in [-0.39, 0.29) is 30.2 Å². The lowest BCUT2D eigenvalue weighted by atomic mass is 10.0. The summed E-state index contributed by atoms with van der Waals surface area (Å²) in [6.45, 7) is 5.37. The van der Waals surface area contributed by atoms with Gasteiger partial charge in [0.05, 0.1) is 5.92 Å². The van der Waals surface area contributed by atoms with E-state index >= 15 is 0 Å². The highest BCUT2D eigenvalue weighted by Gasteiger charge is 2.27. The molecular formula is C11H21ClN2O3. The fraction of sp³-hybridized carbons (Fsp3) is 0.818. The fourth-order valence-electron chi connectivity index (χ4n) is 1.86. The van der Waals surface area contributed by atoms with Crippen molar-refractivity contribution in [3.63, 3.8) is 0 Å². The summed E-state index contributed by atoms with van der Waals surface area (Å²) in [6.07, 6.45) is 1.26. The number of carbonyl (C=O) groups is 2. The van der Waals surface area contributed by atoms with E-state index in [0.717, 1.165) is 13.0 Å². The van der Waals surface area contributed by atoms with Crippen molar-refractivity contribution in [3.05, 3.63) is 0 Å². The third-order valence-corrected chi connectivity index (χ3v) is 2.75. The summed E-state index contributed by atoms with van der Waals surface area (Å²) in [7, 11) is 0. The van der Waals surface area contributed by atoms with Crippen molar-refractivity contribution in [1.82, 2.24) is 10.6 Å². The number of hydrogen-bond donors (Lipinski definition) is 3. The Balaban J connectivity index is 0.00000256. The van der Waals surface area contributed by atoms with Crippen molar-refractivity contribution in [1.29, 1.82) is 0 Å². The molecule has 2 atom stereocenters. The number of hydrogen-bond acceptors (Lipinski definition) is 3. The van der Waals surface area contributed by atoms with Crippen LogP contribution < -0.4 is 10.6 Å². The van der Waals surface area contributed by atoms with Crippen molar-refractivity contribution in [2.75, 3.05) is 13.1 Å². The van der Waals surface area contributed by atoms with Gasteiger partial charge in [0.15, 0.2) is 0 Å². The van der Waals surface area contributed by atoms with Crippen LogP contribution in [0.1, 0.15) is 26.7 Å². The lowest BCUT2D eigenvalue weighted by molar-refractivity contribution is -0.142. The van der Waals surface area contributed by atoms with Gasteiger partial charge in [0.1, 0.15) is 6.04 Å². The molecule has 0 aliphatic carbocycles. The molecule has 5 nitrogen and oxygen atoms in total. The Hall–Kier alpha value is -0.810. The molecule has 2 unspecified atom stereocenters. The number of nitrogens with one attached hydrogen (secondary N) is 2. The summed E-state index contributed by atoms with van der Waals surface area (Å²) in [5.74, 6) is -0.914. The van der Waals surface area contributed by atoms with Gasteiger partial charge in [-0.1, -0.05) is 13.8 Å². The Morgan fingerprint density at radius 2 is 2.12 bits per heavy atom. The van der Waals surface area contributed by atoms with Crippen molar-refractivity contribution in [2.24, 2.45) is 11.8 Å². The Bertz CT molecular complexity index is 265. The molecule has 1 saturated heterocycles. The first-order valence-electron chi connectivity index (χ1n) is 5.74. The predicted molar refractivity (Wildman–Crippen MR) is 67.2 cm³/mol. The Morgan fingerprint density at radius 1 is 1.47 bits per heavy atom. The third kappa shape index (κ3) is 5.37. The van der Waals surface area contributed by atoms with Crippen LogP contribution in [-0.2, 0) is 9.59 Å². The lowest BCUT2D eigenvalue weighted by Gasteiger charge is -2.18. The minimum absolute atomic E-state index is 0. The number of rotatable bonds is 5. The second kappa shape index (κ2) is 7.50. The highest BCUT2D eigenvalue weighted by atomic mass is 35.5. The molecule has 0 aromatic carbocycles. The van der Waals surface area contributed by atoms with E-state index in [1.165, 1.54) is 0 Å². The maximum Gasteiger partial charge on any atom is 0.326 e. The van der Waals surface area contributed by atoms with Crippen LogP contribution in [0.4, 0.5) is 0 Å². The zero-order valence-corrected chi connectivity index (χ0v) is 11.0. The number of carboxylic acid groups (broad SMARTS) is 1. The van der Waals surface area contributed by atoms with E-state index in [4.69, 9.17) is 5.11 Å². The monoisotopic (exact) mass is 264 g/mol. The molecule has 0 aromatic heterocycles. The minimum Gasteiger partial charge on any atom is -0.480 e. The molecule has 0 saturated carbocycles. The number of aliphatic carboxylic acids is 1. The van der Waals surface area contributed by atoms with Crippen LogP contribution >= 0.6 is 12.4 Å². The van der Waals surface area contributed by atoms with Crippen LogP contribution in [0, 0.1) is 11.8 Å².